The van der Waals surface area contributed by atoms with Gasteiger partial charge in [-0.15, -0.1) is 0 Å². The molecule has 0 N–H and O–H groups in total. The summed E-state index contributed by atoms with van der Waals surface area (Å²) in [4.78, 5) is 10.4. The molecule has 0 saturated heterocycles. The highest BCUT2D eigenvalue weighted by atomic mass is 14.9. The molecule has 6 aromatic carbocycles. The van der Waals surface area contributed by atoms with Crippen LogP contribution in [0.15, 0.2) is 158 Å². The van der Waals surface area contributed by atoms with Gasteiger partial charge in [0.25, 0.3) is 0 Å². The lowest BCUT2D eigenvalue weighted by Gasteiger charge is -2.21. The van der Waals surface area contributed by atoms with E-state index in [1.807, 2.05) is 6.07 Å². The first-order valence-corrected chi connectivity index (χ1v) is 15.5. The minimum atomic E-state index is -0.0976. The fourth-order valence-corrected chi connectivity index (χ4v) is 6.67. The Bertz CT molecular complexity index is 2160. The summed E-state index contributed by atoms with van der Waals surface area (Å²) in [5, 5.41) is 0. The minimum absolute atomic E-state index is 0.0976. The molecule has 1 heterocycles. The molecule has 2 heteroatoms. The Morgan fingerprint density at radius 1 is 0.356 bits per heavy atom. The summed E-state index contributed by atoms with van der Waals surface area (Å²) in [7, 11) is 0. The molecule has 0 atom stereocenters. The maximum atomic E-state index is 5.21. The molecule has 0 amide bonds. The van der Waals surface area contributed by atoms with E-state index in [2.05, 4.69) is 166 Å². The van der Waals surface area contributed by atoms with Gasteiger partial charge in [-0.3, -0.25) is 0 Å². The van der Waals surface area contributed by atoms with Crippen LogP contribution >= 0.6 is 0 Å². The van der Waals surface area contributed by atoms with E-state index < -0.39 is 0 Å². The van der Waals surface area contributed by atoms with E-state index in [0.717, 1.165) is 33.9 Å². The van der Waals surface area contributed by atoms with Gasteiger partial charge in [0.1, 0.15) is 0 Å². The number of rotatable bonds is 5. The molecule has 0 aliphatic heterocycles. The smallest absolute Gasteiger partial charge is 0.160 e. The van der Waals surface area contributed by atoms with E-state index in [1.165, 1.54) is 44.5 Å². The third-order valence-corrected chi connectivity index (χ3v) is 9.12. The van der Waals surface area contributed by atoms with Gasteiger partial charge in [-0.1, -0.05) is 153 Å². The third kappa shape index (κ3) is 4.85. The normalized spacial score (nSPS) is 12.8. The fourth-order valence-electron chi connectivity index (χ4n) is 6.67. The molecule has 1 aliphatic carbocycles. The zero-order valence-corrected chi connectivity index (χ0v) is 25.4. The van der Waals surface area contributed by atoms with Crippen molar-refractivity contribution in [3.8, 4) is 67.3 Å². The van der Waals surface area contributed by atoms with Crippen molar-refractivity contribution in [1.29, 1.82) is 0 Å². The first kappa shape index (κ1) is 27.0. The minimum Gasteiger partial charge on any atom is -0.228 e. The number of benzene rings is 6. The zero-order chi connectivity index (χ0) is 30.4. The second-order valence-electron chi connectivity index (χ2n) is 12.3. The summed E-state index contributed by atoms with van der Waals surface area (Å²) in [6, 6.07) is 55.9. The largest absolute Gasteiger partial charge is 0.228 e. The molecule has 1 aromatic heterocycles. The van der Waals surface area contributed by atoms with Crippen molar-refractivity contribution in [1.82, 2.24) is 9.97 Å². The predicted octanol–water partition coefficient (Wildman–Crippen LogP) is 11.1. The Hall–Kier alpha value is -5.60. The molecule has 8 rings (SSSR count). The number of nitrogens with zero attached hydrogens (tertiary/aromatic N) is 2. The Morgan fingerprint density at radius 2 is 0.867 bits per heavy atom. The maximum absolute atomic E-state index is 5.21. The Kier molecular flexibility index (Phi) is 6.50. The molecule has 1 aliphatic rings. The van der Waals surface area contributed by atoms with Crippen molar-refractivity contribution < 1.29 is 0 Å². The van der Waals surface area contributed by atoms with Crippen LogP contribution in [0, 0.1) is 0 Å². The molecule has 2 nitrogen and oxygen atoms in total. The zero-order valence-electron chi connectivity index (χ0n) is 25.4. The third-order valence-electron chi connectivity index (χ3n) is 9.12. The highest BCUT2D eigenvalue weighted by Gasteiger charge is 2.35. The standard InChI is InChI=1S/C43H32N2/c1-43(2)38-19-10-9-18-36(38)37-25-24-35(27-39(37)43)42-44-40(32-22-20-31(21-23-32)29-12-5-3-6-13-29)28-41(45-42)34-17-11-16-33(26-34)30-14-7-4-8-15-30/h3-28H,1-2H3. The van der Waals surface area contributed by atoms with Crippen LogP contribution < -0.4 is 0 Å². The predicted molar refractivity (Wildman–Crippen MR) is 187 cm³/mol. The molecule has 0 spiro atoms. The number of hydrogen-bond acceptors (Lipinski definition) is 2. The van der Waals surface area contributed by atoms with Crippen molar-refractivity contribution in [2.75, 3.05) is 0 Å². The first-order valence-electron chi connectivity index (χ1n) is 15.5. The topological polar surface area (TPSA) is 25.8 Å². The number of fused-ring (bicyclic) bond motifs is 3. The van der Waals surface area contributed by atoms with Gasteiger partial charge < -0.3 is 0 Å². The number of aromatic nitrogens is 2. The molecule has 0 bridgehead atoms. The van der Waals surface area contributed by atoms with Crippen molar-refractivity contribution in [2.45, 2.75) is 19.3 Å². The van der Waals surface area contributed by atoms with Crippen molar-refractivity contribution >= 4 is 0 Å². The molecule has 214 valence electrons. The van der Waals surface area contributed by atoms with Crippen LogP contribution in [0.2, 0.25) is 0 Å². The van der Waals surface area contributed by atoms with Gasteiger partial charge in [-0.05, 0) is 62.7 Å². The van der Waals surface area contributed by atoms with Crippen LogP contribution in [0.3, 0.4) is 0 Å². The van der Waals surface area contributed by atoms with E-state index in [0.29, 0.717) is 0 Å². The summed E-state index contributed by atoms with van der Waals surface area (Å²) < 4.78 is 0. The lowest BCUT2D eigenvalue weighted by atomic mass is 9.82. The van der Waals surface area contributed by atoms with E-state index in [1.54, 1.807) is 0 Å². The van der Waals surface area contributed by atoms with Crippen LogP contribution in [0.1, 0.15) is 25.0 Å². The monoisotopic (exact) mass is 576 g/mol. The molecular formula is C43H32N2. The SMILES string of the molecule is CC1(C)c2ccccc2-c2ccc(-c3nc(-c4ccc(-c5ccccc5)cc4)cc(-c4cccc(-c5ccccc5)c4)n3)cc21. The number of hydrogen-bond donors (Lipinski definition) is 0. The molecule has 0 fully saturated rings. The quantitative estimate of drug-likeness (QED) is 0.204. The van der Waals surface area contributed by atoms with E-state index >= 15 is 0 Å². The van der Waals surface area contributed by atoms with Gasteiger partial charge >= 0.3 is 0 Å². The maximum Gasteiger partial charge on any atom is 0.160 e. The van der Waals surface area contributed by atoms with Crippen LogP contribution in [0.5, 0.6) is 0 Å². The molecule has 0 unspecified atom stereocenters. The van der Waals surface area contributed by atoms with Crippen LogP contribution in [0.25, 0.3) is 67.3 Å². The van der Waals surface area contributed by atoms with Crippen LogP contribution in [-0.2, 0) is 5.41 Å². The molecule has 0 radical (unpaired) electrons. The molecule has 7 aromatic rings. The van der Waals surface area contributed by atoms with Crippen molar-refractivity contribution in [2.24, 2.45) is 0 Å². The molecular weight excluding hydrogens is 544 g/mol. The van der Waals surface area contributed by atoms with Gasteiger partial charge in [0.2, 0.25) is 0 Å². The van der Waals surface area contributed by atoms with Crippen LogP contribution in [-0.4, -0.2) is 9.97 Å². The van der Waals surface area contributed by atoms with Crippen LogP contribution in [0.4, 0.5) is 0 Å². The summed E-state index contributed by atoms with van der Waals surface area (Å²) >= 11 is 0. The van der Waals surface area contributed by atoms with Gasteiger partial charge in [0.15, 0.2) is 5.82 Å². The first-order chi connectivity index (χ1) is 22.0. The second-order valence-corrected chi connectivity index (χ2v) is 12.3. The van der Waals surface area contributed by atoms with E-state index in [-0.39, 0.29) is 5.41 Å². The highest BCUT2D eigenvalue weighted by Crippen LogP contribution is 2.49. The Morgan fingerprint density at radius 3 is 1.60 bits per heavy atom. The lowest BCUT2D eigenvalue weighted by Crippen LogP contribution is -2.15. The Balaban J connectivity index is 1.27. The Labute approximate surface area is 264 Å². The molecule has 45 heavy (non-hydrogen) atoms. The summed E-state index contributed by atoms with van der Waals surface area (Å²) in [5.74, 6) is 0.731. The fraction of sp³-hybridized carbons (Fsp3) is 0.0698. The van der Waals surface area contributed by atoms with Gasteiger partial charge in [0.05, 0.1) is 11.4 Å². The van der Waals surface area contributed by atoms with Crippen molar-refractivity contribution in [3.05, 3.63) is 169 Å². The van der Waals surface area contributed by atoms with Crippen molar-refractivity contribution in [3.63, 3.8) is 0 Å². The van der Waals surface area contributed by atoms with Gasteiger partial charge in [-0.25, -0.2) is 9.97 Å². The highest BCUT2D eigenvalue weighted by molar-refractivity contribution is 5.84. The van der Waals surface area contributed by atoms with E-state index in [4.69, 9.17) is 9.97 Å². The van der Waals surface area contributed by atoms with E-state index in [9.17, 15) is 0 Å². The second kappa shape index (κ2) is 10.8. The van der Waals surface area contributed by atoms with Gasteiger partial charge in [-0.2, -0.15) is 0 Å². The summed E-state index contributed by atoms with van der Waals surface area (Å²) in [6.45, 7) is 4.63. The summed E-state index contributed by atoms with van der Waals surface area (Å²) in [5.41, 5.74) is 14.9. The average Bonchev–Trinajstić information content (AvgIpc) is 3.34. The summed E-state index contributed by atoms with van der Waals surface area (Å²) in [6.07, 6.45) is 0. The van der Waals surface area contributed by atoms with Gasteiger partial charge in [0, 0.05) is 22.1 Å². The molecule has 0 saturated carbocycles. The lowest BCUT2D eigenvalue weighted by molar-refractivity contribution is 0.660. The average molecular weight is 577 g/mol.